The molecular weight excluding hydrogens is 195 g/mol. The van der Waals surface area contributed by atoms with Gasteiger partial charge in [0.05, 0.1) is 0 Å². The van der Waals surface area contributed by atoms with Gasteiger partial charge in [-0.3, -0.25) is 8.63 Å². The third-order valence-electron chi connectivity index (χ3n) is 1.12. The standard InChI is InChI=1S/C6H4BClF2.K.H/c8-6-3-1-5(2-4-6)7(9)10;;/h1-4H;;/q;+1;-1. The smallest absolute Gasteiger partial charge is 1.00 e. The van der Waals surface area contributed by atoms with E-state index in [1.54, 1.807) is 0 Å². The van der Waals surface area contributed by atoms with Gasteiger partial charge in [-0.25, -0.2) is 0 Å². The van der Waals surface area contributed by atoms with E-state index in [9.17, 15) is 8.63 Å². The van der Waals surface area contributed by atoms with Gasteiger partial charge in [0.2, 0.25) is 0 Å². The Hall–Kier alpha value is 1.07. The number of rotatable bonds is 1. The summed E-state index contributed by atoms with van der Waals surface area (Å²) in [6.45, 7) is 0. The summed E-state index contributed by atoms with van der Waals surface area (Å²) < 4.78 is 23.7. The van der Waals surface area contributed by atoms with E-state index in [1.165, 1.54) is 24.3 Å². The molecule has 0 amide bonds. The zero-order valence-electron chi connectivity index (χ0n) is 7.02. The number of halogens is 3. The van der Waals surface area contributed by atoms with Crippen molar-refractivity contribution >= 4 is 24.3 Å². The average molecular weight is 200 g/mol. The third-order valence-corrected chi connectivity index (χ3v) is 1.37. The van der Waals surface area contributed by atoms with E-state index in [-0.39, 0.29) is 58.3 Å². The van der Waals surface area contributed by atoms with Crippen molar-refractivity contribution in [1.82, 2.24) is 0 Å². The molecule has 1 aromatic carbocycles. The molecule has 0 nitrogen and oxygen atoms in total. The zero-order chi connectivity index (χ0) is 7.56. The van der Waals surface area contributed by atoms with Gasteiger partial charge in [0.25, 0.3) is 0 Å². The molecule has 0 N–H and O–H groups in total. The Morgan fingerprint density at radius 3 is 2.00 bits per heavy atom. The summed E-state index contributed by atoms with van der Waals surface area (Å²) in [5, 5.41) is 0.476. The van der Waals surface area contributed by atoms with E-state index < -0.39 is 7.27 Å². The van der Waals surface area contributed by atoms with Crippen LogP contribution in [0, 0.1) is 0 Å². The van der Waals surface area contributed by atoms with E-state index in [4.69, 9.17) is 11.6 Å². The fourth-order valence-electron chi connectivity index (χ4n) is 0.608. The molecule has 0 spiro atoms. The van der Waals surface area contributed by atoms with Crippen molar-refractivity contribution in [2.45, 2.75) is 0 Å². The fourth-order valence-corrected chi connectivity index (χ4v) is 0.734. The molecule has 0 aliphatic heterocycles. The second-order valence-corrected chi connectivity index (χ2v) is 2.29. The molecule has 0 aliphatic carbocycles. The molecule has 0 unspecified atom stereocenters. The van der Waals surface area contributed by atoms with Crippen LogP contribution in [0.5, 0.6) is 0 Å². The molecule has 54 valence electrons. The Bertz CT molecular complexity index is 219. The molecule has 0 bridgehead atoms. The van der Waals surface area contributed by atoms with Crippen LogP contribution in [0.15, 0.2) is 24.3 Å². The summed E-state index contributed by atoms with van der Waals surface area (Å²) in [6, 6.07) is 5.52. The molecule has 1 rings (SSSR count). The molecule has 0 radical (unpaired) electrons. The minimum absolute atomic E-state index is 0. The molecule has 0 heterocycles. The number of hydrogen-bond donors (Lipinski definition) is 0. The molecule has 0 aromatic heterocycles. The Balaban J connectivity index is 0. The summed E-state index contributed by atoms with van der Waals surface area (Å²) >= 11 is 5.47. The Kier molecular flexibility index (Phi) is 6.22. The predicted octanol–water partition coefficient (Wildman–Crippen LogP) is -0.909. The van der Waals surface area contributed by atoms with E-state index >= 15 is 0 Å². The molecular formula is C6H5BClF2K. The van der Waals surface area contributed by atoms with Gasteiger partial charge < -0.3 is 1.43 Å². The Labute approximate surface area is 113 Å². The van der Waals surface area contributed by atoms with Gasteiger partial charge in [0, 0.05) is 5.02 Å². The van der Waals surface area contributed by atoms with Gasteiger partial charge in [0.15, 0.2) is 0 Å². The summed E-state index contributed by atoms with van der Waals surface area (Å²) in [5.74, 6) is 0. The van der Waals surface area contributed by atoms with Crippen LogP contribution in [0.3, 0.4) is 0 Å². The van der Waals surface area contributed by atoms with Crippen molar-refractivity contribution in [2.24, 2.45) is 0 Å². The Morgan fingerprint density at radius 2 is 1.64 bits per heavy atom. The number of benzene rings is 1. The quantitative estimate of drug-likeness (QED) is 0.515. The van der Waals surface area contributed by atoms with Crippen LogP contribution < -0.4 is 56.8 Å². The van der Waals surface area contributed by atoms with Gasteiger partial charge in [-0.05, 0) is 17.6 Å². The van der Waals surface area contributed by atoms with Gasteiger partial charge >= 0.3 is 58.7 Å². The molecule has 5 heteroatoms. The second-order valence-electron chi connectivity index (χ2n) is 1.85. The van der Waals surface area contributed by atoms with Crippen molar-refractivity contribution in [3.05, 3.63) is 29.3 Å². The summed E-state index contributed by atoms with van der Waals surface area (Å²) in [6.07, 6.45) is 0. The predicted molar refractivity (Wildman–Crippen MR) is 40.2 cm³/mol. The minimum atomic E-state index is -2.41. The van der Waals surface area contributed by atoms with Crippen LogP contribution in [0.2, 0.25) is 5.02 Å². The van der Waals surface area contributed by atoms with Gasteiger partial charge in [-0.2, -0.15) is 0 Å². The van der Waals surface area contributed by atoms with Gasteiger partial charge in [-0.15, -0.1) is 0 Å². The molecule has 11 heavy (non-hydrogen) atoms. The van der Waals surface area contributed by atoms with Crippen LogP contribution >= 0.6 is 11.6 Å². The fraction of sp³-hybridized carbons (Fsp3) is 0. The van der Waals surface area contributed by atoms with Crippen molar-refractivity contribution in [2.75, 3.05) is 0 Å². The van der Waals surface area contributed by atoms with Crippen LogP contribution in [0.1, 0.15) is 1.43 Å². The van der Waals surface area contributed by atoms with Crippen molar-refractivity contribution < 1.29 is 61.4 Å². The topological polar surface area (TPSA) is 0 Å². The van der Waals surface area contributed by atoms with Crippen LogP contribution in [0.25, 0.3) is 0 Å². The second kappa shape index (κ2) is 5.67. The SMILES string of the molecule is FB(F)c1ccc(Cl)cc1.[H-].[K+]. The maximum absolute atomic E-state index is 11.9. The summed E-state index contributed by atoms with van der Waals surface area (Å²) in [5.41, 5.74) is 0.00407. The van der Waals surface area contributed by atoms with Crippen LogP contribution in [-0.2, 0) is 0 Å². The van der Waals surface area contributed by atoms with Gasteiger partial charge in [0.1, 0.15) is 0 Å². The molecule has 0 fully saturated rings. The minimum Gasteiger partial charge on any atom is -1.00 e. The Morgan fingerprint density at radius 1 is 1.18 bits per heavy atom. The maximum atomic E-state index is 11.9. The first kappa shape index (κ1) is 12.1. The van der Waals surface area contributed by atoms with Crippen molar-refractivity contribution in [1.29, 1.82) is 0 Å². The molecule has 0 atom stereocenters. The molecule has 0 saturated heterocycles. The monoisotopic (exact) mass is 200 g/mol. The third kappa shape index (κ3) is 4.01. The first-order chi connectivity index (χ1) is 4.70. The normalized spacial score (nSPS) is 8.64. The van der Waals surface area contributed by atoms with E-state index in [1.807, 2.05) is 0 Å². The molecule has 0 saturated carbocycles. The first-order valence-electron chi connectivity index (χ1n) is 2.74. The van der Waals surface area contributed by atoms with E-state index in [2.05, 4.69) is 0 Å². The van der Waals surface area contributed by atoms with Crippen LogP contribution in [0.4, 0.5) is 8.63 Å². The summed E-state index contributed by atoms with van der Waals surface area (Å²) in [7, 11) is -2.41. The zero-order valence-corrected chi connectivity index (χ0v) is 9.90. The van der Waals surface area contributed by atoms with Crippen molar-refractivity contribution in [3.8, 4) is 0 Å². The summed E-state index contributed by atoms with van der Waals surface area (Å²) in [4.78, 5) is 0. The molecule has 1 aromatic rings. The van der Waals surface area contributed by atoms with E-state index in [0.717, 1.165) is 0 Å². The molecule has 0 aliphatic rings. The van der Waals surface area contributed by atoms with Crippen LogP contribution in [-0.4, -0.2) is 7.27 Å². The maximum Gasteiger partial charge on any atom is 1.00 e. The average Bonchev–Trinajstić information content (AvgIpc) is 1.88. The largest absolute Gasteiger partial charge is 1.00 e. The first-order valence-corrected chi connectivity index (χ1v) is 3.11. The number of hydrogen-bond acceptors (Lipinski definition) is 0. The van der Waals surface area contributed by atoms with Gasteiger partial charge in [-0.1, -0.05) is 23.7 Å². The van der Waals surface area contributed by atoms with Crippen molar-refractivity contribution in [3.63, 3.8) is 0 Å². The van der Waals surface area contributed by atoms with E-state index in [0.29, 0.717) is 5.02 Å².